The van der Waals surface area contributed by atoms with Crippen molar-refractivity contribution in [2.45, 2.75) is 24.7 Å². The number of thioether (sulfide) groups is 1. The van der Waals surface area contributed by atoms with E-state index in [0.717, 1.165) is 16.9 Å². The normalized spacial score (nSPS) is 15.0. The van der Waals surface area contributed by atoms with Gasteiger partial charge in [0.05, 0.1) is 12.8 Å². The van der Waals surface area contributed by atoms with E-state index in [4.69, 9.17) is 9.47 Å². The molecule has 0 unspecified atom stereocenters. The molecule has 0 fully saturated rings. The van der Waals surface area contributed by atoms with Gasteiger partial charge in [-0.15, -0.1) is 10.2 Å². The molecular weight excluding hydrogens is 388 g/mol. The Labute approximate surface area is 173 Å². The summed E-state index contributed by atoms with van der Waals surface area (Å²) in [5, 5.41) is 9.02. The van der Waals surface area contributed by atoms with Crippen LogP contribution in [0.1, 0.15) is 25.1 Å². The second kappa shape index (κ2) is 8.08. The van der Waals surface area contributed by atoms with Crippen LogP contribution in [0.4, 0.5) is 5.69 Å². The minimum absolute atomic E-state index is 0.0656. The van der Waals surface area contributed by atoms with Gasteiger partial charge in [0.1, 0.15) is 5.75 Å². The summed E-state index contributed by atoms with van der Waals surface area (Å²) in [6.45, 7) is 1.83. The van der Waals surface area contributed by atoms with Gasteiger partial charge in [-0.05, 0) is 36.6 Å². The molecule has 0 spiro atoms. The van der Waals surface area contributed by atoms with Crippen molar-refractivity contribution in [3.63, 3.8) is 0 Å². The number of nitrogens with zero attached hydrogens (tertiary/aromatic N) is 4. The van der Waals surface area contributed by atoms with Crippen LogP contribution in [0.3, 0.4) is 0 Å². The zero-order valence-electron chi connectivity index (χ0n) is 16.3. The third-order valence-electron chi connectivity index (χ3n) is 4.67. The molecule has 0 saturated heterocycles. The predicted molar refractivity (Wildman–Crippen MR) is 111 cm³/mol. The number of ether oxygens (including phenoxy) is 2. The zero-order valence-corrected chi connectivity index (χ0v) is 17.1. The van der Waals surface area contributed by atoms with E-state index in [0.29, 0.717) is 28.8 Å². The van der Waals surface area contributed by atoms with Gasteiger partial charge in [-0.2, -0.15) is 4.98 Å². The number of carbonyl (C=O) groups excluding carboxylic acids is 1. The lowest BCUT2D eigenvalue weighted by atomic mass is 10.1. The lowest BCUT2D eigenvalue weighted by Gasteiger charge is -2.30. The van der Waals surface area contributed by atoms with Crippen LogP contribution in [0.25, 0.3) is 11.3 Å². The number of aromatic nitrogens is 3. The van der Waals surface area contributed by atoms with Crippen molar-refractivity contribution in [2.75, 3.05) is 18.3 Å². The molecule has 148 valence electrons. The Morgan fingerprint density at radius 3 is 2.62 bits per heavy atom. The molecule has 1 aliphatic rings. The maximum absolute atomic E-state index is 13.0. The van der Waals surface area contributed by atoms with Gasteiger partial charge in [0.15, 0.2) is 5.69 Å². The van der Waals surface area contributed by atoms with Gasteiger partial charge in [0, 0.05) is 17.5 Å². The number of methoxy groups -OCH3 is 1. The Morgan fingerprint density at radius 1 is 1.17 bits per heavy atom. The number of rotatable bonds is 4. The molecule has 7 nitrogen and oxygen atoms in total. The van der Waals surface area contributed by atoms with Crippen LogP contribution in [-0.2, 0) is 4.79 Å². The lowest BCUT2D eigenvalue weighted by Crippen LogP contribution is -2.37. The van der Waals surface area contributed by atoms with E-state index in [1.54, 1.807) is 12.0 Å². The summed E-state index contributed by atoms with van der Waals surface area (Å²) in [6, 6.07) is 15.0. The molecule has 0 N–H and O–H groups in total. The summed E-state index contributed by atoms with van der Waals surface area (Å²) in [7, 11) is 1.61. The van der Waals surface area contributed by atoms with Crippen molar-refractivity contribution in [3.05, 3.63) is 54.1 Å². The molecule has 1 amide bonds. The minimum atomic E-state index is -0.692. The number of benzene rings is 2. The molecule has 0 bridgehead atoms. The number of fused-ring (bicyclic) bond motifs is 3. The van der Waals surface area contributed by atoms with Crippen LogP contribution in [0, 0.1) is 0 Å². The van der Waals surface area contributed by atoms with Gasteiger partial charge in [0.2, 0.25) is 23.2 Å². The molecular formula is C21H20N4O3S. The molecule has 29 heavy (non-hydrogen) atoms. The van der Waals surface area contributed by atoms with E-state index in [-0.39, 0.29) is 5.91 Å². The van der Waals surface area contributed by atoms with Crippen molar-refractivity contribution in [1.82, 2.24) is 15.2 Å². The summed E-state index contributed by atoms with van der Waals surface area (Å²) in [4.78, 5) is 19.2. The molecule has 1 atom stereocenters. The molecule has 2 heterocycles. The first kappa shape index (κ1) is 19.2. The van der Waals surface area contributed by atoms with E-state index in [1.165, 1.54) is 11.8 Å². The molecule has 0 radical (unpaired) electrons. The van der Waals surface area contributed by atoms with Gasteiger partial charge in [-0.3, -0.25) is 9.69 Å². The number of hydrogen-bond acceptors (Lipinski definition) is 7. The summed E-state index contributed by atoms with van der Waals surface area (Å²) in [5.74, 6) is 1.01. The standard InChI is InChI=1S/C21H20N4O3S/c1-4-17(26)25-16-8-6-5-7-15(16)18-19(22-21(29-3)24-23-18)28-20(25)13-9-11-14(27-2)12-10-13/h5-12,20H,4H2,1-3H3/t20-/m1/s1. The third kappa shape index (κ3) is 3.51. The fourth-order valence-electron chi connectivity index (χ4n) is 3.23. The second-order valence-electron chi connectivity index (χ2n) is 6.33. The van der Waals surface area contributed by atoms with Crippen LogP contribution in [0.2, 0.25) is 0 Å². The fraction of sp³-hybridized carbons (Fsp3) is 0.238. The highest BCUT2D eigenvalue weighted by atomic mass is 32.2. The van der Waals surface area contributed by atoms with Crippen molar-refractivity contribution >= 4 is 23.4 Å². The van der Waals surface area contributed by atoms with Crippen LogP contribution in [-0.4, -0.2) is 34.5 Å². The fourth-order valence-corrected chi connectivity index (χ4v) is 3.52. The quantitative estimate of drug-likeness (QED) is 0.601. The first-order valence-corrected chi connectivity index (χ1v) is 10.4. The molecule has 8 heteroatoms. The Hall–Kier alpha value is -3.13. The molecule has 3 aromatic rings. The van der Waals surface area contributed by atoms with Gasteiger partial charge in [-0.1, -0.05) is 36.9 Å². The number of anilines is 1. The van der Waals surface area contributed by atoms with Gasteiger partial charge >= 0.3 is 0 Å². The second-order valence-corrected chi connectivity index (χ2v) is 7.10. The van der Waals surface area contributed by atoms with Crippen LogP contribution < -0.4 is 14.4 Å². The highest BCUT2D eigenvalue weighted by molar-refractivity contribution is 7.98. The Morgan fingerprint density at radius 2 is 1.93 bits per heavy atom. The summed E-state index contributed by atoms with van der Waals surface area (Å²) >= 11 is 1.38. The maximum atomic E-state index is 13.0. The van der Waals surface area contributed by atoms with Gasteiger partial charge in [0.25, 0.3) is 0 Å². The van der Waals surface area contributed by atoms with Crippen molar-refractivity contribution < 1.29 is 14.3 Å². The zero-order chi connectivity index (χ0) is 20.4. The molecule has 0 saturated carbocycles. The molecule has 2 aromatic carbocycles. The Balaban J connectivity index is 1.94. The molecule has 1 aromatic heterocycles. The maximum Gasteiger partial charge on any atom is 0.247 e. The van der Waals surface area contributed by atoms with Crippen molar-refractivity contribution in [3.8, 4) is 22.9 Å². The van der Waals surface area contributed by atoms with Crippen molar-refractivity contribution in [1.29, 1.82) is 0 Å². The smallest absolute Gasteiger partial charge is 0.247 e. The van der Waals surface area contributed by atoms with E-state index in [2.05, 4.69) is 15.2 Å². The largest absolute Gasteiger partial charge is 0.497 e. The molecule has 0 aliphatic carbocycles. The van der Waals surface area contributed by atoms with E-state index >= 15 is 0 Å². The van der Waals surface area contributed by atoms with Crippen LogP contribution in [0.5, 0.6) is 11.6 Å². The predicted octanol–water partition coefficient (Wildman–Crippen LogP) is 4.10. The van der Waals surface area contributed by atoms with E-state index < -0.39 is 6.23 Å². The summed E-state index contributed by atoms with van der Waals surface area (Å²) in [5.41, 5.74) is 2.79. The number of carbonyl (C=O) groups is 1. The highest BCUT2D eigenvalue weighted by Gasteiger charge is 2.35. The molecule has 1 aliphatic heterocycles. The van der Waals surface area contributed by atoms with Crippen LogP contribution in [0.15, 0.2) is 53.7 Å². The Bertz CT molecular complexity index is 1040. The summed E-state index contributed by atoms with van der Waals surface area (Å²) < 4.78 is 11.6. The van der Waals surface area contributed by atoms with E-state index in [1.807, 2.05) is 61.7 Å². The molecule has 4 rings (SSSR count). The topological polar surface area (TPSA) is 77.4 Å². The monoisotopic (exact) mass is 408 g/mol. The minimum Gasteiger partial charge on any atom is -0.497 e. The average molecular weight is 408 g/mol. The highest BCUT2D eigenvalue weighted by Crippen LogP contribution is 2.43. The van der Waals surface area contributed by atoms with Gasteiger partial charge in [-0.25, -0.2) is 0 Å². The summed E-state index contributed by atoms with van der Waals surface area (Å²) in [6.07, 6.45) is 1.51. The van der Waals surface area contributed by atoms with Gasteiger partial charge < -0.3 is 9.47 Å². The van der Waals surface area contributed by atoms with E-state index in [9.17, 15) is 4.79 Å². The number of para-hydroxylation sites is 1. The number of amides is 1. The third-order valence-corrected chi connectivity index (χ3v) is 5.20. The number of hydrogen-bond donors (Lipinski definition) is 0. The first-order valence-electron chi connectivity index (χ1n) is 9.17. The average Bonchev–Trinajstić information content (AvgIpc) is 2.92. The van der Waals surface area contributed by atoms with Crippen LogP contribution >= 0.6 is 11.8 Å². The SMILES string of the molecule is CCC(=O)N1c2ccccc2-c2nnc(SC)nc2O[C@@H]1c1ccc(OC)cc1. The first-order chi connectivity index (χ1) is 14.2. The lowest BCUT2D eigenvalue weighted by molar-refractivity contribution is -0.120. The Kier molecular flexibility index (Phi) is 5.35. The van der Waals surface area contributed by atoms with Crippen molar-refractivity contribution in [2.24, 2.45) is 0 Å².